The van der Waals surface area contributed by atoms with Crippen LogP contribution in [0.25, 0.3) is 0 Å². The average Bonchev–Trinajstić information content (AvgIpc) is 3.10. The number of carbonyl (C=O) groups is 1. The molecule has 6 heteroatoms. The van der Waals surface area contributed by atoms with Crippen LogP contribution in [-0.2, 0) is 11.3 Å². The standard InChI is InChI=1S/C20H26N4O2/c1-15-21-13-17(14-22-16(2)25)20(23-15)19-9-6-10-24(19)11-12-26-18-7-4-3-5-8-18/h3-5,7-8,13,19H,6,9-12,14H2,1-2H3,(H,22,25)/t19-/m1/s1. The molecule has 2 aromatic rings. The number of hydrogen-bond acceptors (Lipinski definition) is 5. The molecule has 1 aromatic carbocycles. The molecule has 0 aliphatic carbocycles. The molecule has 6 nitrogen and oxygen atoms in total. The molecule has 1 saturated heterocycles. The maximum Gasteiger partial charge on any atom is 0.217 e. The number of ether oxygens (including phenoxy) is 1. The molecule has 0 saturated carbocycles. The van der Waals surface area contributed by atoms with E-state index < -0.39 is 0 Å². The van der Waals surface area contributed by atoms with Gasteiger partial charge in [0, 0.05) is 31.8 Å². The van der Waals surface area contributed by atoms with E-state index in [1.165, 1.54) is 6.92 Å². The van der Waals surface area contributed by atoms with Crippen LogP contribution in [0.5, 0.6) is 5.75 Å². The Morgan fingerprint density at radius 3 is 2.92 bits per heavy atom. The molecule has 3 rings (SSSR count). The summed E-state index contributed by atoms with van der Waals surface area (Å²) >= 11 is 0. The van der Waals surface area contributed by atoms with Crippen molar-refractivity contribution in [2.75, 3.05) is 19.7 Å². The first kappa shape index (κ1) is 18.3. The van der Waals surface area contributed by atoms with Crippen molar-refractivity contribution in [2.45, 2.75) is 39.3 Å². The minimum absolute atomic E-state index is 0.0453. The third kappa shape index (κ3) is 4.79. The molecule has 0 unspecified atom stereocenters. The molecule has 1 atom stereocenters. The van der Waals surface area contributed by atoms with E-state index in [1.807, 2.05) is 43.5 Å². The molecule has 1 aromatic heterocycles. The number of rotatable bonds is 7. The summed E-state index contributed by atoms with van der Waals surface area (Å²) in [6.45, 7) is 6.43. The van der Waals surface area contributed by atoms with E-state index in [4.69, 9.17) is 9.72 Å². The van der Waals surface area contributed by atoms with Gasteiger partial charge in [-0.05, 0) is 38.4 Å². The topological polar surface area (TPSA) is 67.4 Å². The first-order chi connectivity index (χ1) is 12.6. The number of aryl methyl sites for hydroxylation is 1. The number of para-hydroxylation sites is 1. The number of nitrogens with one attached hydrogen (secondary N) is 1. The molecule has 0 spiro atoms. The molecule has 1 fully saturated rings. The second-order valence-corrected chi connectivity index (χ2v) is 6.59. The number of amides is 1. The van der Waals surface area contributed by atoms with Gasteiger partial charge in [0.1, 0.15) is 18.2 Å². The molecule has 1 N–H and O–H groups in total. The fraction of sp³-hybridized carbons (Fsp3) is 0.450. The van der Waals surface area contributed by atoms with Crippen LogP contribution in [0.3, 0.4) is 0 Å². The third-order valence-electron chi connectivity index (χ3n) is 4.62. The highest BCUT2D eigenvalue weighted by atomic mass is 16.5. The van der Waals surface area contributed by atoms with Crippen LogP contribution < -0.4 is 10.1 Å². The molecule has 0 radical (unpaired) electrons. The fourth-order valence-electron chi connectivity index (χ4n) is 3.36. The Labute approximate surface area is 154 Å². The molecule has 1 amide bonds. The van der Waals surface area contributed by atoms with Crippen LogP contribution in [0, 0.1) is 6.92 Å². The Balaban J connectivity index is 1.67. The van der Waals surface area contributed by atoms with Crippen molar-refractivity contribution in [3.63, 3.8) is 0 Å². The van der Waals surface area contributed by atoms with Gasteiger partial charge in [0.2, 0.25) is 5.91 Å². The largest absolute Gasteiger partial charge is 0.492 e. The van der Waals surface area contributed by atoms with Crippen molar-refractivity contribution in [3.05, 3.63) is 53.6 Å². The number of hydrogen-bond donors (Lipinski definition) is 1. The van der Waals surface area contributed by atoms with E-state index in [1.54, 1.807) is 0 Å². The summed E-state index contributed by atoms with van der Waals surface area (Å²) in [6, 6.07) is 10.1. The van der Waals surface area contributed by atoms with Crippen LogP contribution in [0.1, 0.15) is 42.9 Å². The van der Waals surface area contributed by atoms with Crippen LogP contribution in [0.2, 0.25) is 0 Å². The van der Waals surface area contributed by atoms with Crippen molar-refractivity contribution < 1.29 is 9.53 Å². The number of carbonyl (C=O) groups excluding carboxylic acids is 1. The highest BCUT2D eigenvalue weighted by molar-refractivity contribution is 5.72. The second kappa shape index (κ2) is 8.76. The van der Waals surface area contributed by atoms with Crippen molar-refractivity contribution in [2.24, 2.45) is 0 Å². The molecular formula is C20H26N4O2. The Morgan fingerprint density at radius 1 is 1.35 bits per heavy atom. The first-order valence-corrected chi connectivity index (χ1v) is 9.12. The minimum atomic E-state index is -0.0453. The minimum Gasteiger partial charge on any atom is -0.492 e. The monoisotopic (exact) mass is 354 g/mol. The number of benzene rings is 1. The van der Waals surface area contributed by atoms with Gasteiger partial charge in [-0.2, -0.15) is 0 Å². The van der Waals surface area contributed by atoms with E-state index in [0.29, 0.717) is 13.2 Å². The van der Waals surface area contributed by atoms with Crippen molar-refractivity contribution in [1.82, 2.24) is 20.2 Å². The van der Waals surface area contributed by atoms with Crippen molar-refractivity contribution in [1.29, 1.82) is 0 Å². The predicted molar refractivity (Wildman–Crippen MR) is 99.8 cm³/mol. The summed E-state index contributed by atoms with van der Waals surface area (Å²) in [5.41, 5.74) is 2.02. The SMILES string of the molecule is CC(=O)NCc1cnc(C)nc1[C@H]1CCCN1CCOc1ccccc1. The average molecular weight is 354 g/mol. The molecule has 2 heterocycles. The highest BCUT2D eigenvalue weighted by Crippen LogP contribution is 2.32. The van der Waals surface area contributed by atoms with Crippen LogP contribution in [0.15, 0.2) is 36.5 Å². The Morgan fingerprint density at radius 2 is 2.15 bits per heavy atom. The van der Waals surface area contributed by atoms with Gasteiger partial charge >= 0.3 is 0 Å². The zero-order valence-corrected chi connectivity index (χ0v) is 15.4. The van der Waals surface area contributed by atoms with Crippen LogP contribution in [-0.4, -0.2) is 40.5 Å². The zero-order chi connectivity index (χ0) is 18.4. The number of aromatic nitrogens is 2. The summed E-state index contributed by atoms with van der Waals surface area (Å²) in [7, 11) is 0. The Hall–Kier alpha value is -2.47. The van der Waals surface area contributed by atoms with E-state index in [0.717, 1.165) is 48.8 Å². The lowest BCUT2D eigenvalue weighted by molar-refractivity contribution is -0.119. The van der Waals surface area contributed by atoms with E-state index in [-0.39, 0.29) is 11.9 Å². The smallest absolute Gasteiger partial charge is 0.217 e. The predicted octanol–water partition coefficient (Wildman–Crippen LogP) is 2.64. The van der Waals surface area contributed by atoms with E-state index in [9.17, 15) is 4.79 Å². The molecule has 1 aliphatic rings. The summed E-state index contributed by atoms with van der Waals surface area (Å²) in [4.78, 5) is 22.7. The highest BCUT2D eigenvalue weighted by Gasteiger charge is 2.29. The van der Waals surface area contributed by atoms with Gasteiger partial charge in [-0.1, -0.05) is 18.2 Å². The van der Waals surface area contributed by atoms with Gasteiger partial charge in [-0.3, -0.25) is 9.69 Å². The third-order valence-corrected chi connectivity index (χ3v) is 4.62. The Bertz CT molecular complexity index is 736. The van der Waals surface area contributed by atoms with Crippen LogP contribution in [0.4, 0.5) is 0 Å². The molecular weight excluding hydrogens is 328 g/mol. The quantitative estimate of drug-likeness (QED) is 0.828. The summed E-state index contributed by atoms with van der Waals surface area (Å²) in [6.07, 6.45) is 4.04. The van der Waals surface area contributed by atoms with Gasteiger partial charge in [0.15, 0.2) is 0 Å². The number of likely N-dealkylation sites (tertiary alicyclic amines) is 1. The second-order valence-electron chi connectivity index (χ2n) is 6.59. The molecule has 1 aliphatic heterocycles. The van der Waals surface area contributed by atoms with Gasteiger partial charge in [0.25, 0.3) is 0 Å². The van der Waals surface area contributed by atoms with Gasteiger partial charge in [0.05, 0.1) is 11.7 Å². The lowest BCUT2D eigenvalue weighted by Crippen LogP contribution is -2.30. The first-order valence-electron chi connectivity index (χ1n) is 9.12. The normalized spacial score (nSPS) is 17.2. The van der Waals surface area contributed by atoms with Crippen LogP contribution >= 0.6 is 0 Å². The van der Waals surface area contributed by atoms with E-state index in [2.05, 4.69) is 15.2 Å². The maximum atomic E-state index is 11.3. The number of nitrogens with zero attached hydrogens (tertiary/aromatic N) is 3. The molecule has 0 bridgehead atoms. The summed E-state index contributed by atoms with van der Waals surface area (Å²) < 4.78 is 5.85. The van der Waals surface area contributed by atoms with Crippen molar-refractivity contribution >= 4 is 5.91 Å². The lowest BCUT2D eigenvalue weighted by Gasteiger charge is -2.26. The Kier molecular flexibility index (Phi) is 6.17. The van der Waals surface area contributed by atoms with Gasteiger partial charge in [-0.25, -0.2) is 9.97 Å². The van der Waals surface area contributed by atoms with E-state index >= 15 is 0 Å². The molecule has 26 heavy (non-hydrogen) atoms. The molecule has 138 valence electrons. The van der Waals surface area contributed by atoms with Gasteiger partial charge in [-0.15, -0.1) is 0 Å². The lowest BCUT2D eigenvalue weighted by atomic mass is 10.1. The summed E-state index contributed by atoms with van der Waals surface area (Å²) in [5, 5.41) is 2.86. The van der Waals surface area contributed by atoms with Gasteiger partial charge < -0.3 is 10.1 Å². The zero-order valence-electron chi connectivity index (χ0n) is 15.4. The maximum absolute atomic E-state index is 11.3. The van der Waals surface area contributed by atoms with Crippen molar-refractivity contribution in [3.8, 4) is 5.75 Å². The fourth-order valence-corrected chi connectivity index (χ4v) is 3.36. The summed E-state index contributed by atoms with van der Waals surface area (Å²) in [5.74, 6) is 1.61.